The van der Waals surface area contributed by atoms with Crippen molar-refractivity contribution >= 4 is 11.6 Å². The molecule has 24 heavy (non-hydrogen) atoms. The Morgan fingerprint density at radius 3 is 2.50 bits per heavy atom. The summed E-state index contributed by atoms with van der Waals surface area (Å²) < 4.78 is 5.37. The van der Waals surface area contributed by atoms with Crippen LogP contribution in [-0.2, 0) is 4.79 Å². The van der Waals surface area contributed by atoms with Gasteiger partial charge in [-0.15, -0.1) is 0 Å². The van der Waals surface area contributed by atoms with Crippen molar-refractivity contribution in [2.24, 2.45) is 5.73 Å². The number of hydrogen-bond donors (Lipinski definition) is 2. The van der Waals surface area contributed by atoms with E-state index in [1.54, 1.807) is 19.4 Å². The highest BCUT2D eigenvalue weighted by Crippen LogP contribution is 2.29. The highest BCUT2D eigenvalue weighted by Gasteiger charge is 2.10. The lowest BCUT2D eigenvalue weighted by Crippen LogP contribution is -2.32. The molecule has 1 aromatic heterocycles. The number of carbonyl (C=O) groups is 1. The molecule has 1 unspecified atom stereocenters. The van der Waals surface area contributed by atoms with E-state index in [-0.39, 0.29) is 5.91 Å². The van der Waals surface area contributed by atoms with Crippen LogP contribution in [0.4, 0.5) is 5.69 Å². The van der Waals surface area contributed by atoms with Crippen LogP contribution >= 0.6 is 0 Å². The molecule has 5 heteroatoms. The Balaban J connectivity index is 1.89. The number of nitrogens with two attached hydrogens (primary N) is 1. The summed E-state index contributed by atoms with van der Waals surface area (Å²) in [4.78, 5) is 15.8. The average Bonchev–Trinajstić information content (AvgIpc) is 3.10. The number of amides is 1. The molecule has 0 aliphatic rings. The SMILES string of the molecule is Cc1ccc(-c2ncco2)cc1-c1ccc(NC(=O)C(C)N)cc1. The van der Waals surface area contributed by atoms with Crippen molar-refractivity contribution in [2.75, 3.05) is 5.32 Å². The van der Waals surface area contributed by atoms with Crippen LogP contribution < -0.4 is 11.1 Å². The van der Waals surface area contributed by atoms with E-state index in [0.717, 1.165) is 27.9 Å². The number of hydrogen-bond acceptors (Lipinski definition) is 4. The molecule has 3 N–H and O–H groups in total. The molecular formula is C19H19N3O2. The zero-order valence-electron chi connectivity index (χ0n) is 13.6. The number of aromatic nitrogens is 1. The summed E-state index contributed by atoms with van der Waals surface area (Å²) >= 11 is 0. The van der Waals surface area contributed by atoms with E-state index < -0.39 is 6.04 Å². The van der Waals surface area contributed by atoms with Crippen LogP contribution in [0.1, 0.15) is 12.5 Å². The van der Waals surface area contributed by atoms with E-state index in [1.165, 1.54) is 0 Å². The molecule has 0 aliphatic heterocycles. The van der Waals surface area contributed by atoms with Crippen molar-refractivity contribution in [1.82, 2.24) is 4.98 Å². The van der Waals surface area contributed by atoms with Gasteiger partial charge in [0.25, 0.3) is 0 Å². The monoisotopic (exact) mass is 321 g/mol. The highest BCUT2D eigenvalue weighted by atomic mass is 16.3. The third kappa shape index (κ3) is 3.36. The first-order valence-corrected chi connectivity index (χ1v) is 7.72. The molecule has 3 aromatic rings. The van der Waals surface area contributed by atoms with Crippen molar-refractivity contribution in [3.63, 3.8) is 0 Å². The van der Waals surface area contributed by atoms with Crippen LogP contribution in [0.3, 0.4) is 0 Å². The standard InChI is InChI=1S/C19H19N3O2/c1-12-3-4-15(19-21-9-10-24-19)11-17(12)14-5-7-16(8-6-14)22-18(23)13(2)20/h3-11,13H,20H2,1-2H3,(H,22,23). The van der Waals surface area contributed by atoms with Crippen molar-refractivity contribution < 1.29 is 9.21 Å². The number of nitrogens with zero attached hydrogens (tertiary/aromatic N) is 1. The molecule has 0 saturated heterocycles. The van der Waals surface area contributed by atoms with E-state index in [1.807, 2.05) is 36.4 Å². The predicted octanol–water partition coefficient (Wildman–Crippen LogP) is 3.60. The average molecular weight is 321 g/mol. The normalized spacial score (nSPS) is 12.0. The second-order valence-corrected chi connectivity index (χ2v) is 5.72. The summed E-state index contributed by atoms with van der Waals surface area (Å²) in [5, 5.41) is 2.78. The molecular weight excluding hydrogens is 302 g/mol. The van der Waals surface area contributed by atoms with Gasteiger partial charge in [-0.3, -0.25) is 4.79 Å². The number of aryl methyl sites for hydroxylation is 1. The maximum Gasteiger partial charge on any atom is 0.240 e. The molecule has 1 amide bonds. The Labute approximate surface area is 140 Å². The van der Waals surface area contributed by atoms with Gasteiger partial charge in [-0.25, -0.2) is 4.98 Å². The number of rotatable bonds is 4. The first-order chi connectivity index (χ1) is 11.5. The van der Waals surface area contributed by atoms with Crippen molar-refractivity contribution in [1.29, 1.82) is 0 Å². The van der Waals surface area contributed by atoms with E-state index in [0.29, 0.717) is 5.89 Å². The summed E-state index contributed by atoms with van der Waals surface area (Å²) in [6.07, 6.45) is 3.19. The maximum atomic E-state index is 11.6. The van der Waals surface area contributed by atoms with Gasteiger partial charge in [0.1, 0.15) is 6.26 Å². The first-order valence-electron chi connectivity index (χ1n) is 7.72. The Morgan fingerprint density at radius 2 is 1.88 bits per heavy atom. The molecule has 5 nitrogen and oxygen atoms in total. The van der Waals surface area contributed by atoms with Crippen LogP contribution in [0.15, 0.2) is 59.3 Å². The number of anilines is 1. The van der Waals surface area contributed by atoms with Crippen molar-refractivity contribution in [3.05, 3.63) is 60.5 Å². The summed E-state index contributed by atoms with van der Waals surface area (Å²) in [6, 6.07) is 13.2. The smallest absolute Gasteiger partial charge is 0.240 e. The molecule has 0 fully saturated rings. The molecule has 0 saturated carbocycles. The van der Waals surface area contributed by atoms with Crippen molar-refractivity contribution in [2.45, 2.75) is 19.9 Å². The van der Waals surface area contributed by atoms with Gasteiger partial charge in [0.05, 0.1) is 12.2 Å². The van der Waals surface area contributed by atoms with E-state index >= 15 is 0 Å². The molecule has 1 heterocycles. The molecule has 0 radical (unpaired) electrons. The Kier molecular flexibility index (Phi) is 4.44. The number of nitrogens with one attached hydrogen (secondary N) is 1. The minimum absolute atomic E-state index is 0.204. The third-order valence-corrected chi connectivity index (χ3v) is 3.79. The van der Waals surface area contributed by atoms with Crippen LogP contribution in [0, 0.1) is 6.92 Å². The van der Waals surface area contributed by atoms with E-state index in [4.69, 9.17) is 10.2 Å². The number of benzene rings is 2. The van der Waals surface area contributed by atoms with Crippen LogP contribution in [0.5, 0.6) is 0 Å². The fraction of sp³-hybridized carbons (Fsp3) is 0.158. The van der Waals surface area contributed by atoms with Gasteiger partial charge >= 0.3 is 0 Å². The van der Waals surface area contributed by atoms with Gasteiger partial charge in [-0.05, 0) is 54.8 Å². The van der Waals surface area contributed by atoms with E-state index in [2.05, 4.69) is 23.3 Å². The van der Waals surface area contributed by atoms with Gasteiger partial charge in [-0.1, -0.05) is 18.2 Å². The van der Waals surface area contributed by atoms with Gasteiger partial charge in [0, 0.05) is 11.3 Å². The maximum absolute atomic E-state index is 11.6. The topological polar surface area (TPSA) is 81.2 Å². The largest absolute Gasteiger partial charge is 0.445 e. The molecule has 1 atom stereocenters. The molecule has 2 aromatic carbocycles. The summed E-state index contributed by atoms with van der Waals surface area (Å²) in [5.41, 5.74) is 10.5. The minimum Gasteiger partial charge on any atom is -0.445 e. The molecule has 3 rings (SSSR count). The van der Waals surface area contributed by atoms with Gasteiger partial charge in [0.15, 0.2) is 0 Å². The predicted molar refractivity (Wildman–Crippen MR) is 94.4 cm³/mol. The van der Waals surface area contributed by atoms with Gasteiger partial charge in [0.2, 0.25) is 11.8 Å². The molecule has 0 spiro atoms. The fourth-order valence-corrected chi connectivity index (χ4v) is 2.42. The lowest BCUT2D eigenvalue weighted by atomic mass is 9.98. The van der Waals surface area contributed by atoms with Crippen molar-refractivity contribution in [3.8, 4) is 22.6 Å². The summed E-state index contributed by atoms with van der Waals surface area (Å²) in [5.74, 6) is 0.391. The molecule has 122 valence electrons. The fourth-order valence-electron chi connectivity index (χ4n) is 2.42. The number of carbonyl (C=O) groups excluding carboxylic acids is 1. The lowest BCUT2D eigenvalue weighted by Gasteiger charge is -2.11. The second-order valence-electron chi connectivity index (χ2n) is 5.72. The first kappa shape index (κ1) is 16.0. The quantitative estimate of drug-likeness (QED) is 0.769. The molecule has 0 bridgehead atoms. The Bertz CT molecular complexity index is 838. The van der Waals surface area contributed by atoms with Crippen LogP contribution in [0.25, 0.3) is 22.6 Å². The van der Waals surface area contributed by atoms with E-state index in [9.17, 15) is 4.79 Å². The molecule has 0 aliphatic carbocycles. The van der Waals surface area contributed by atoms with Gasteiger partial charge < -0.3 is 15.5 Å². The Hall–Kier alpha value is -2.92. The number of oxazole rings is 1. The highest BCUT2D eigenvalue weighted by molar-refractivity contribution is 5.94. The third-order valence-electron chi connectivity index (χ3n) is 3.79. The Morgan fingerprint density at radius 1 is 1.17 bits per heavy atom. The van der Waals surface area contributed by atoms with Crippen LogP contribution in [0.2, 0.25) is 0 Å². The van der Waals surface area contributed by atoms with Crippen LogP contribution in [-0.4, -0.2) is 16.9 Å². The second kappa shape index (κ2) is 6.68. The summed E-state index contributed by atoms with van der Waals surface area (Å²) in [7, 11) is 0. The lowest BCUT2D eigenvalue weighted by molar-refractivity contribution is -0.117. The zero-order chi connectivity index (χ0) is 17.1. The summed E-state index contributed by atoms with van der Waals surface area (Å²) in [6.45, 7) is 3.71. The minimum atomic E-state index is -0.538. The van der Waals surface area contributed by atoms with Gasteiger partial charge in [-0.2, -0.15) is 0 Å². The zero-order valence-corrected chi connectivity index (χ0v) is 13.6.